The molecule has 1 aliphatic heterocycles. The molecule has 0 bridgehead atoms. The molecule has 0 unspecified atom stereocenters. The van der Waals surface area contributed by atoms with E-state index in [-0.39, 0.29) is 0 Å². The van der Waals surface area contributed by atoms with Crippen LogP contribution >= 0.6 is 0 Å². The lowest BCUT2D eigenvalue weighted by Gasteiger charge is -2.26. The third kappa shape index (κ3) is 2.58. The fourth-order valence-corrected chi connectivity index (χ4v) is 1.86. The minimum absolute atomic E-state index is 0.859. The van der Waals surface area contributed by atoms with Crippen LogP contribution in [0.25, 0.3) is 0 Å². The molecule has 0 saturated carbocycles. The summed E-state index contributed by atoms with van der Waals surface area (Å²) in [7, 11) is 0. The van der Waals surface area contributed by atoms with Crippen molar-refractivity contribution in [2.24, 2.45) is 0 Å². The summed E-state index contributed by atoms with van der Waals surface area (Å²) in [6.07, 6.45) is 0.877. The van der Waals surface area contributed by atoms with Gasteiger partial charge in [-0.2, -0.15) is 0 Å². The number of rotatable bonds is 3. The van der Waals surface area contributed by atoms with E-state index in [0.717, 1.165) is 56.5 Å². The second-order valence-corrected chi connectivity index (χ2v) is 4.00. The predicted molar refractivity (Wildman–Crippen MR) is 58.8 cm³/mol. The molecule has 15 heavy (non-hydrogen) atoms. The van der Waals surface area contributed by atoms with Gasteiger partial charge in [0.25, 0.3) is 0 Å². The first-order valence-corrected chi connectivity index (χ1v) is 5.68. The van der Waals surface area contributed by atoms with E-state index in [9.17, 15) is 0 Å². The van der Waals surface area contributed by atoms with Crippen molar-refractivity contribution in [2.75, 3.05) is 26.2 Å². The van der Waals surface area contributed by atoms with Gasteiger partial charge in [-0.15, -0.1) is 0 Å². The van der Waals surface area contributed by atoms with Crippen LogP contribution in [0.5, 0.6) is 0 Å². The SMILES string of the molecule is CCc1nc(C)c(CN2CCNCC2)o1. The van der Waals surface area contributed by atoms with Crippen LogP contribution in [-0.4, -0.2) is 36.1 Å². The number of oxazole rings is 1. The van der Waals surface area contributed by atoms with Crippen molar-refractivity contribution in [3.8, 4) is 0 Å². The average molecular weight is 209 g/mol. The molecule has 1 fully saturated rings. The zero-order valence-electron chi connectivity index (χ0n) is 9.55. The zero-order valence-corrected chi connectivity index (χ0v) is 9.55. The maximum Gasteiger partial charge on any atom is 0.194 e. The fraction of sp³-hybridized carbons (Fsp3) is 0.727. The third-order valence-corrected chi connectivity index (χ3v) is 2.82. The molecule has 1 saturated heterocycles. The van der Waals surface area contributed by atoms with E-state index in [0.29, 0.717) is 0 Å². The summed E-state index contributed by atoms with van der Waals surface area (Å²) in [6, 6.07) is 0. The van der Waals surface area contributed by atoms with Gasteiger partial charge in [-0.3, -0.25) is 4.90 Å². The second kappa shape index (κ2) is 4.77. The molecule has 4 heteroatoms. The number of aromatic nitrogens is 1. The first kappa shape index (κ1) is 10.6. The molecular formula is C11H19N3O. The maximum absolute atomic E-state index is 5.69. The van der Waals surface area contributed by atoms with Crippen molar-refractivity contribution in [3.05, 3.63) is 17.3 Å². The molecule has 1 aromatic heterocycles. The molecule has 2 heterocycles. The van der Waals surface area contributed by atoms with E-state index in [1.807, 2.05) is 6.92 Å². The van der Waals surface area contributed by atoms with Crippen molar-refractivity contribution < 1.29 is 4.42 Å². The first-order chi connectivity index (χ1) is 7.29. The van der Waals surface area contributed by atoms with E-state index in [1.54, 1.807) is 0 Å². The monoisotopic (exact) mass is 209 g/mol. The number of nitrogens with zero attached hydrogens (tertiary/aromatic N) is 2. The largest absolute Gasteiger partial charge is 0.444 e. The molecule has 4 nitrogen and oxygen atoms in total. The Morgan fingerprint density at radius 2 is 2.13 bits per heavy atom. The molecule has 0 radical (unpaired) electrons. The molecule has 1 aromatic rings. The quantitative estimate of drug-likeness (QED) is 0.804. The molecule has 0 aliphatic carbocycles. The topological polar surface area (TPSA) is 41.3 Å². The Labute approximate surface area is 90.7 Å². The normalized spacial score (nSPS) is 18.3. The zero-order chi connectivity index (χ0) is 10.7. The summed E-state index contributed by atoms with van der Waals surface area (Å²) in [5.74, 6) is 1.89. The Bertz CT molecular complexity index is 316. The number of piperazine rings is 1. The van der Waals surface area contributed by atoms with Gasteiger partial charge in [0.2, 0.25) is 0 Å². The molecule has 0 aromatic carbocycles. The molecule has 2 rings (SSSR count). The molecule has 0 amide bonds. The van der Waals surface area contributed by atoms with Crippen molar-refractivity contribution in [1.82, 2.24) is 15.2 Å². The summed E-state index contributed by atoms with van der Waals surface area (Å²) in [4.78, 5) is 6.79. The highest BCUT2D eigenvalue weighted by Gasteiger charge is 2.14. The molecule has 0 spiro atoms. The maximum atomic E-state index is 5.69. The van der Waals surface area contributed by atoms with Crippen LogP contribution in [-0.2, 0) is 13.0 Å². The lowest BCUT2D eigenvalue weighted by molar-refractivity contribution is 0.214. The van der Waals surface area contributed by atoms with E-state index in [2.05, 4.69) is 22.1 Å². The van der Waals surface area contributed by atoms with Gasteiger partial charge in [-0.05, 0) is 6.92 Å². The van der Waals surface area contributed by atoms with Gasteiger partial charge in [0.05, 0.1) is 12.2 Å². The highest BCUT2D eigenvalue weighted by Crippen LogP contribution is 2.13. The minimum atomic E-state index is 0.859. The molecule has 1 N–H and O–H groups in total. The number of hydrogen-bond acceptors (Lipinski definition) is 4. The van der Waals surface area contributed by atoms with Crippen LogP contribution in [0.2, 0.25) is 0 Å². The standard InChI is InChI=1S/C11H19N3O/c1-3-11-13-9(2)10(15-11)8-14-6-4-12-5-7-14/h12H,3-8H2,1-2H3. The Morgan fingerprint density at radius 3 is 2.73 bits per heavy atom. The third-order valence-electron chi connectivity index (χ3n) is 2.82. The van der Waals surface area contributed by atoms with Crippen molar-refractivity contribution in [3.63, 3.8) is 0 Å². The predicted octanol–water partition coefficient (Wildman–Crippen LogP) is 0.951. The van der Waals surface area contributed by atoms with Crippen LogP contribution in [0.4, 0.5) is 0 Å². The van der Waals surface area contributed by atoms with Crippen molar-refractivity contribution in [2.45, 2.75) is 26.8 Å². The van der Waals surface area contributed by atoms with Crippen molar-refractivity contribution in [1.29, 1.82) is 0 Å². The lowest BCUT2D eigenvalue weighted by Crippen LogP contribution is -2.42. The van der Waals surface area contributed by atoms with E-state index in [4.69, 9.17) is 4.42 Å². The van der Waals surface area contributed by atoms with Gasteiger partial charge < -0.3 is 9.73 Å². The summed E-state index contributed by atoms with van der Waals surface area (Å²) in [5, 5.41) is 3.34. The van der Waals surface area contributed by atoms with Crippen molar-refractivity contribution >= 4 is 0 Å². The smallest absolute Gasteiger partial charge is 0.194 e. The Morgan fingerprint density at radius 1 is 1.40 bits per heavy atom. The molecular weight excluding hydrogens is 190 g/mol. The second-order valence-electron chi connectivity index (χ2n) is 4.00. The van der Waals surface area contributed by atoms with E-state index >= 15 is 0 Å². The van der Waals surface area contributed by atoms with Crippen LogP contribution < -0.4 is 5.32 Å². The summed E-state index contributed by atoms with van der Waals surface area (Å²) < 4.78 is 5.69. The fourth-order valence-electron chi connectivity index (χ4n) is 1.86. The minimum Gasteiger partial charge on any atom is -0.444 e. The summed E-state index contributed by atoms with van der Waals surface area (Å²) in [6.45, 7) is 9.35. The summed E-state index contributed by atoms with van der Waals surface area (Å²) in [5.41, 5.74) is 1.05. The first-order valence-electron chi connectivity index (χ1n) is 5.68. The molecule has 0 atom stereocenters. The van der Waals surface area contributed by atoms with Gasteiger partial charge >= 0.3 is 0 Å². The van der Waals surface area contributed by atoms with Gasteiger partial charge in [0.1, 0.15) is 5.76 Å². The summed E-state index contributed by atoms with van der Waals surface area (Å²) >= 11 is 0. The Hall–Kier alpha value is -0.870. The average Bonchev–Trinajstić information content (AvgIpc) is 2.61. The van der Waals surface area contributed by atoms with E-state index in [1.165, 1.54) is 0 Å². The van der Waals surface area contributed by atoms with Gasteiger partial charge in [-0.1, -0.05) is 6.92 Å². The molecule has 1 aliphatic rings. The van der Waals surface area contributed by atoms with Crippen LogP contribution in [0.1, 0.15) is 24.3 Å². The Kier molecular flexibility index (Phi) is 3.38. The highest BCUT2D eigenvalue weighted by molar-refractivity contribution is 5.07. The lowest BCUT2D eigenvalue weighted by atomic mass is 10.3. The number of nitrogens with one attached hydrogen (secondary N) is 1. The van der Waals surface area contributed by atoms with Crippen LogP contribution in [0.15, 0.2) is 4.42 Å². The van der Waals surface area contributed by atoms with Gasteiger partial charge in [0.15, 0.2) is 5.89 Å². The van der Waals surface area contributed by atoms with Gasteiger partial charge in [-0.25, -0.2) is 4.98 Å². The molecule has 84 valence electrons. The highest BCUT2D eigenvalue weighted by atomic mass is 16.4. The Balaban J connectivity index is 1.99. The van der Waals surface area contributed by atoms with Gasteiger partial charge in [0, 0.05) is 32.6 Å². The number of hydrogen-bond donors (Lipinski definition) is 1. The van der Waals surface area contributed by atoms with Crippen LogP contribution in [0, 0.1) is 6.92 Å². The number of aryl methyl sites for hydroxylation is 2. The van der Waals surface area contributed by atoms with Crippen LogP contribution in [0.3, 0.4) is 0 Å². The van der Waals surface area contributed by atoms with E-state index < -0.39 is 0 Å².